The minimum Gasteiger partial charge on any atom is -0.394 e. The number of hydrogen-bond acceptors (Lipinski definition) is 4. The number of aliphatic hydroxyl groups is 2. The molecule has 0 aliphatic carbocycles. The van der Waals surface area contributed by atoms with Gasteiger partial charge in [0.15, 0.2) is 14.1 Å². The number of aliphatic hydroxyl groups excluding tert-OH is 1. The number of rotatable bonds is 34. The summed E-state index contributed by atoms with van der Waals surface area (Å²) in [5.41, 5.74) is 0. The van der Waals surface area contributed by atoms with Gasteiger partial charge in [0, 0.05) is 6.42 Å². The summed E-state index contributed by atoms with van der Waals surface area (Å²) in [6.07, 6.45) is 38.7. The summed E-state index contributed by atoms with van der Waals surface area (Å²) in [4.78, 5) is 12.7. The molecule has 268 valence electrons. The van der Waals surface area contributed by atoms with Crippen LogP contribution in [0.2, 0.25) is 19.6 Å². The molecule has 0 aromatic rings. The van der Waals surface area contributed by atoms with Gasteiger partial charge in [0.05, 0.1) is 6.61 Å². The van der Waals surface area contributed by atoms with Crippen LogP contribution in [0, 0.1) is 0 Å². The third-order valence-electron chi connectivity index (χ3n) is 8.83. The second-order valence-electron chi connectivity index (χ2n) is 14.7. The summed E-state index contributed by atoms with van der Waals surface area (Å²) in [6.45, 7) is 10.2. The lowest BCUT2D eigenvalue weighted by atomic mass is 10.0. The average Bonchev–Trinajstić information content (AvgIpc) is 2.99. The zero-order valence-corrected chi connectivity index (χ0v) is 31.9. The molecule has 0 spiro atoms. The van der Waals surface area contributed by atoms with Crippen LogP contribution >= 0.6 is 0 Å². The van der Waals surface area contributed by atoms with Crippen molar-refractivity contribution in [1.82, 2.24) is 5.32 Å². The third kappa shape index (κ3) is 29.2. The van der Waals surface area contributed by atoms with E-state index in [2.05, 4.69) is 19.2 Å². The van der Waals surface area contributed by atoms with Crippen molar-refractivity contribution in [3.05, 3.63) is 12.2 Å². The van der Waals surface area contributed by atoms with Gasteiger partial charge in [-0.1, -0.05) is 174 Å². The molecule has 0 saturated carbocycles. The van der Waals surface area contributed by atoms with Gasteiger partial charge in [-0.15, -0.1) is 0 Å². The Morgan fingerprint density at radius 3 is 1.36 bits per heavy atom. The fraction of sp³-hybridized carbons (Fsp3) is 0.923. The first-order chi connectivity index (χ1) is 21.7. The molecular weight excluding hydrogens is 575 g/mol. The van der Waals surface area contributed by atoms with Crippen LogP contribution in [-0.2, 0) is 9.22 Å². The monoisotopic (exact) mass is 654 g/mol. The summed E-state index contributed by atoms with van der Waals surface area (Å²) < 4.78 is 6.15. The van der Waals surface area contributed by atoms with Crippen LogP contribution in [-0.4, -0.2) is 42.9 Å². The predicted molar refractivity (Wildman–Crippen MR) is 198 cm³/mol. The third-order valence-corrected chi connectivity index (χ3v) is 9.76. The van der Waals surface area contributed by atoms with E-state index in [-0.39, 0.29) is 12.5 Å². The second kappa shape index (κ2) is 30.6. The lowest BCUT2D eigenvalue weighted by Crippen LogP contribution is -2.58. The first-order valence-corrected chi connectivity index (χ1v) is 23.1. The van der Waals surface area contributed by atoms with E-state index < -0.39 is 20.1 Å². The summed E-state index contributed by atoms with van der Waals surface area (Å²) >= 11 is 0. The van der Waals surface area contributed by atoms with Gasteiger partial charge in [-0.25, -0.2) is 0 Å². The van der Waals surface area contributed by atoms with E-state index in [9.17, 15) is 15.0 Å². The van der Waals surface area contributed by atoms with E-state index in [4.69, 9.17) is 4.43 Å². The normalized spacial score (nSPS) is 14.2. The van der Waals surface area contributed by atoms with E-state index >= 15 is 0 Å². The molecule has 1 amide bonds. The maximum atomic E-state index is 12.7. The number of allylic oxidation sites excluding steroid dienone is 1. The zero-order chi connectivity index (χ0) is 33.5. The number of unbranched alkanes of at least 4 members (excludes halogenated alkanes) is 25. The number of carbonyl (C=O) groups is 1. The second-order valence-corrected chi connectivity index (χ2v) is 19.1. The molecule has 0 aromatic heterocycles. The van der Waals surface area contributed by atoms with Gasteiger partial charge >= 0.3 is 0 Å². The lowest BCUT2D eigenvalue weighted by molar-refractivity contribution is -0.147. The van der Waals surface area contributed by atoms with Crippen molar-refractivity contribution in [3.63, 3.8) is 0 Å². The highest BCUT2D eigenvalue weighted by molar-refractivity contribution is 6.69. The van der Waals surface area contributed by atoms with Crippen molar-refractivity contribution in [3.8, 4) is 0 Å². The number of amides is 1. The van der Waals surface area contributed by atoms with Crippen molar-refractivity contribution in [2.45, 2.75) is 225 Å². The largest absolute Gasteiger partial charge is 0.394 e. The summed E-state index contributed by atoms with van der Waals surface area (Å²) in [6, 6.07) is -0.873. The van der Waals surface area contributed by atoms with Crippen LogP contribution in [0.5, 0.6) is 0 Å². The van der Waals surface area contributed by atoms with Crippen LogP contribution < -0.4 is 5.32 Å². The maximum absolute atomic E-state index is 12.7. The molecule has 0 rings (SSSR count). The highest BCUT2D eigenvalue weighted by Gasteiger charge is 2.40. The van der Waals surface area contributed by atoms with Crippen LogP contribution in [0.25, 0.3) is 0 Å². The van der Waals surface area contributed by atoms with Crippen molar-refractivity contribution >= 4 is 14.2 Å². The van der Waals surface area contributed by atoms with Gasteiger partial charge in [-0.2, -0.15) is 0 Å². The van der Waals surface area contributed by atoms with Crippen LogP contribution in [0.15, 0.2) is 12.2 Å². The molecule has 0 heterocycles. The van der Waals surface area contributed by atoms with E-state index in [1.165, 1.54) is 148 Å². The number of carbonyl (C=O) groups excluding carboxylic acids is 1. The van der Waals surface area contributed by atoms with Gasteiger partial charge in [0.2, 0.25) is 5.91 Å². The Morgan fingerprint density at radius 1 is 0.644 bits per heavy atom. The first kappa shape index (κ1) is 44.3. The van der Waals surface area contributed by atoms with Crippen LogP contribution in [0.3, 0.4) is 0 Å². The molecule has 0 bridgehead atoms. The number of hydrogen-bond donors (Lipinski definition) is 3. The zero-order valence-electron chi connectivity index (χ0n) is 30.9. The van der Waals surface area contributed by atoms with E-state index in [0.717, 1.165) is 25.7 Å². The van der Waals surface area contributed by atoms with Crippen LogP contribution in [0.4, 0.5) is 0 Å². The Bertz CT molecular complexity index is 680. The fourth-order valence-corrected chi connectivity index (χ4v) is 7.28. The Balaban J connectivity index is 4.22. The number of nitrogens with one attached hydrogen (secondary N) is 1. The Kier molecular flexibility index (Phi) is 30.2. The minimum absolute atomic E-state index is 0.125. The SMILES string of the molecule is CCCCCCCCCCCCC/C=C/[C@@](O)(O[Si](C)(C)C)[C@H](CO)NC(=O)CCCCCCCCCCCCCCCCC. The molecule has 0 aliphatic rings. The molecule has 45 heavy (non-hydrogen) atoms. The molecule has 0 aromatic carbocycles. The average molecular weight is 654 g/mol. The summed E-state index contributed by atoms with van der Waals surface area (Å²) in [5, 5.41) is 24.5. The molecule has 0 aliphatic heterocycles. The molecule has 0 saturated heterocycles. The molecule has 6 heteroatoms. The van der Waals surface area contributed by atoms with Crippen LogP contribution in [0.1, 0.15) is 194 Å². The fourth-order valence-electron chi connectivity index (χ4n) is 6.09. The molecule has 5 nitrogen and oxygen atoms in total. The Morgan fingerprint density at radius 2 is 1.00 bits per heavy atom. The molecular formula is C39H79NO4Si. The Hall–Kier alpha value is -0.693. The topological polar surface area (TPSA) is 78.8 Å². The van der Waals surface area contributed by atoms with E-state index in [1.54, 1.807) is 6.08 Å². The lowest BCUT2D eigenvalue weighted by Gasteiger charge is -2.38. The van der Waals surface area contributed by atoms with Gasteiger partial charge < -0.3 is 20.0 Å². The van der Waals surface area contributed by atoms with Gasteiger partial charge in [0.25, 0.3) is 0 Å². The first-order valence-electron chi connectivity index (χ1n) is 19.7. The maximum Gasteiger partial charge on any atom is 0.220 e. The van der Waals surface area contributed by atoms with Gasteiger partial charge in [0.1, 0.15) is 6.04 Å². The quantitative estimate of drug-likeness (QED) is 0.0279. The Labute approximate surface area is 282 Å². The molecule has 0 unspecified atom stereocenters. The molecule has 0 radical (unpaired) electrons. The summed E-state index contributed by atoms with van der Waals surface area (Å²) in [5.74, 6) is -1.82. The van der Waals surface area contributed by atoms with E-state index in [1.807, 2.05) is 25.7 Å². The standard InChI is InChI=1S/C39H79NO4Si/c1-6-8-10-12-14-16-18-20-21-22-24-26-28-30-32-34-38(42)40-37(36-41)39(43,44-45(3,4)5)35-33-31-29-27-25-23-19-17-15-13-11-9-7-2/h33,35,37,41,43H,6-32,34,36H2,1-5H3,(H,40,42)/b35-33+/t37-,39+/m0/s1. The highest BCUT2D eigenvalue weighted by Crippen LogP contribution is 2.23. The van der Waals surface area contributed by atoms with Crippen molar-refractivity contribution < 1.29 is 19.4 Å². The highest BCUT2D eigenvalue weighted by atomic mass is 28.4. The van der Waals surface area contributed by atoms with Crippen molar-refractivity contribution in [2.24, 2.45) is 0 Å². The van der Waals surface area contributed by atoms with E-state index in [0.29, 0.717) is 6.42 Å². The molecule has 3 N–H and O–H groups in total. The predicted octanol–water partition coefficient (Wildman–Crippen LogP) is 11.5. The van der Waals surface area contributed by atoms with Gasteiger partial charge in [-0.3, -0.25) is 4.79 Å². The van der Waals surface area contributed by atoms with Crippen molar-refractivity contribution in [1.29, 1.82) is 0 Å². The minimum atomic E-state index is -2.16. The summed E-state index contributed by atoms with van der Waals surface area (Å²) in [7, 11) is -2.16. The molecule has 2 atom stereocenters. The van der Waals surface area contributed by atoms with Gasteiger partial charge in [-0.05, 0) is 45.0 Å². The smallest absolute Gasteiger partial charge is 0.220 e. The van der Waals surface area contributed by atoms with Crippen molar-refractivity contribution in [2.75, 3.05) is 6.61 Å². The molecule has 0 fully saturated rings.